The first kappa shape index (κ1) is 17.7. The summed E-state index contributed by atoms with van der Waals surface area (Å²) in [6.45, 7) is 20.6. The van der Waals surface area contributed by atoms with Crippen molar-refractivity contribution in [3.8, 4) is 0 Å². The maximum atomic E-state index is 3.57. The van der Waals surface area contributed by atoms with Gasteiger partial charge in [0.05, 0.1) is 0 Å². The fourth-order valence-electron chi connectivity index (χ4n) is 1.93. The summed E-state index contributed by atoms with van der Waals surface area (Å²) in [5.41, 5.74) is 0. The molecule has 17 heavy (non-hydrogen) atoms. The molecule has 0 aliphatic carbocycles. The SMILES string of the molecule is CC(CC(C)(C)SC(C)(C)C)NSC(C)(C)C. The minimum atomic E-state index is 0.287. The Labute approximate surface area is 117 Å². The average molecular weight is 278 g/mol. The van der Waals surface area contributed by atoms with Crippen molar-refractivity contribution >= 4 is 23.7 Å². The maximum Gasteiger partial charge on any atom is 0.0220 e. The molecule has 0 saturated carbocycles. The molecule has 0 aromatic carbocycles. The topological polar surface area (TPSA) is 12.0 Å². The molecule has 0 fully saturated rings. The molecule has 1 nitrogen and oxygen atoms in total. The summed E-state index contributed by atoms with van der Waals surface area (Å²) in [6.07, 6.45) is 1.19. The molecule has 0 rings (SSSR count). The second-order valence-electron chi connectivity index (χ2n) is 7.41. The molecule has 0 radical (unpaired) electrons. The summed E-state index contributed by atoms with van der Waals surface area (Å²) >= 11 is 3.91. The van der Waals surface area contributed by atoms with Crippen LogP contribution in [0.25, 0.3) is 0 Å². The molecule has 0 heterocycles. The van der Waals surface area contributed by atoms with Crippen molar-refractivity contribution in [2.75, 3.05) is 0 Å². The Balaban J connectivity index is 4.14. The summed E-state index contributed by atoms with van der Waals surface area (Å²) in [5, 5.41) is 0. The molecular formula is C14H31NS2. The predicted octanol–water partition coefficient (Wildman–Crippen LogP) is 5.11. The lowest BCUT2D eigenvalue weighted by molar-refractivity contribution is 0.530. The van der Waals surface area contributed by atoms with Crippen LogP contribution in [0.2, 0.25) is 0 Å². The molecule has 0 aliphatic heterocycles. The van der Waals surface area contributed by atoms with E-state index in [1.807, 2.05) is 11.9 Å². The van der Waals surface area contributed by atoms with E-state index >= 15 is 0 Å². The molecule has 0 aromatic rings. The molecule has 1 atom stereocenters. The first-order valence-corrected chi connectivity index (χ1v) is 8.08. The molecule has 0 aliphatic rings. The Morgan fingerprint density at radius 1 is 0.882 bits per heavy atom. The Morgan fingerprint density at radius 3 is 1.71 bits per heavy atom. The van der Waals surface area contributed by atoms with Gasteiger partial charge in [-0.3, -0.25) is 4.72 Å². The third-order valence-electron chi connectivity index (χ3n) is 1.95. The van der Waals surface area contributed by atoms with Gasteiger partial charge < -0.3 is 0 Å². The third kappa shape index (κ3) is 11.5. The zero-order chi connectivity index (χ0) is 13.9. The molecule has 0 aromatic heterocycles. The minimum Gasteiger partial charge on any atom is -0.261 e. The first-order valence-electron chi connectivity index (χ1n) is 6.44. The monoisotopic (exact) mass is 277 g/mol. The van der Waals surface area contributed by atoms with Gasteiger partial charge in [0.25, 0.3) is 0 Å². The molecule has 0 spiro atoms. The highest BCUT2D eigenvalue weighted by Crippen LogP contribution is 2.39. The van der Waals surface area contributed by atoms with E-state index < -0.39 is 0 Å². The Kier molecular flexibility index (Phi) is 6.45. The lowest BCUT2D eigenvalue weighted by Gasteiger charge is -2.34. The van der Waals surface area contributed by atoms with Crippen LogP contribution >= 0.6 is 23.7 Å². The van der Waals surface area contributed by atoms with E-state index in [4.69, 9.17) is 0 Å². The highest BCUT2D eigenvalue weighted by molar-refractivity contribution is 8.01. The van der Waals surface area contributed by atoms with Crippen LogP contribution in [0.5, 0.6) is 0 Å². The van der Waals surface area contributed by atoms with Gasteiger partial charge in [0.2, 0.25) is 0 Å². The van der Waals surface area contributed by atoms with Crippen LogP contribution in [0.4, 0.5) is 0 Å². The predicted molar refractivity (Wildman–Crippen MR) is 86.0 cm³/mol. The lowest BCUT2D eigenvalue weighted by atomic mass is 10.1. The van der Waals surface area contributed by atoms with Crippen molar-refractivity contribution in [2.24, 2.45) is 0 Å². The van der Waals surface area contributed by atoms with Crippen molar-refractivity contribution in [3.63, 3.8) is 0 Å². The van der Waals surface area contributed by atoms with Gasteiger partial charge in [0.1, 0.15) is 0 Å². The van der Waals surface area contributed by atoms with Gasteiger partial charge in [-0.2, -0.15) is 0 Å². The number of rotatable bonds is 5. The smallest absolute Gasteiger partial charge is 0.0220 e. The summed E-state index contributed by atoms with van der Waals surface area (Å²) < 4.78 is 4.51. The quantitative estimate of drug-likeness (QED) is 0.701. The minimum absolute atomic E-state index is 0.287. The number of thioether (sulfide) groups is 1. The van der Waals surface area contributed by atoms with Gasteiger partial charge >= 0.3 is 0 Å². The van der Waals surface area contributed by atoms with Crippen LogP contribution in [-0.2, 0) is 0 Å². The third-order valence-corrected chi connectivity index (χ3v) is 4.41. The second kappa shape index (κ2) is 6.21. The van der Waals surface area contributed by atoms with Gasteiger partial charge in [0, 0.05) is 20.3 Å². The van der Waals surface area contributed by atoms with Crippen molar-refractivity contribution in [1.29, 1.82) is 0 Å². The maximum absolute atomic E-state index is 3.57. The highest BCUT2D eigenvalue weighted by Gasteiger charge is 2.28. The van der Waals surface area contributed by atoms with Crippen LogP contribution in [0.15, 0.2) is 0 Å². The molecule has 104 valence electrons. The van der Waals surface area contributed by atoms with E-state index in [1.165, 1.54) is 6.42 Å². The second-order valence-corrected chi connectivity index (χ2v) is 11.6. The molecule has 0 amide bonds. The molecule has 1 unspecified atom stereocenters. The summed E-state index contributed by atoms with van der Waals surface area (Å²) in [4.78, 5) is 0. The van der Waals surface area contributed by atoms with Crippen molar-refractivity contribution < 1.29 is 0 Å². The van der Waals surface area contributed by atoms with Crippen LogP contribution < -0.4 is 4.72 Å². The summed E-state index contributed by atoms with van der Waals surface area (Å²) in [5.74, 6) is 0. The Hall–Kier alpha value is 0.660. The van der Waals surface area contributed by atoms with E-state index in [2.05, 4.69) is 78.8 Å². The van der Waals surface area contributed by atoms with Gasteiger partial charge in [-0.25, -0.2) is 0 Å². The molecule has 0 saturated heterocycles. The molecule has 0 bridgehead atoms. The Morgan fingerprint density at radius 2 is 1.35 bits per heavy atom. The fraction of sp³-hybridized carbons (Fsp3) is 1.00. The van der Waals surface area contributed by atoms with Crippen molar-refractivity contribution in [2.45, 2.75) is 89.0 Å². The van der Waals surface area contributed by atoms with Gasteiger partial charge in [-0.15, -0.1) is 11.8 Å². The molecular weight excluding hydrogens is 246 g/mol. The largest absolute Gasteiger partial charge is 0.261 e. The van der Waals surface area contributed by atoms with Crippen LogP contribution in [0.3, 0.4) is 0 Å². The van der Waals surface area contributed by atoms with E-state index in [9.17, 15) is 0 Å². The zero-order valence-corrected chi connectivity index (χ0v) is 14.7. The zero-order valence-electron chi connectivity index (χ0n) is 13.1. The van der Waals surface area contributed by atoms with E-state index in [0.717, 1.165) is 0 Å². The number of hydrogen-bond donors (Lipinski definition) is 1. The molecule has 1 N–H and O–H groups in total. The normalized spacial score (nSPS) is 16.1. The van der Waals surface area contributed by atoms with E-state index in [0.29, 0.717) is 15.5 Å². The number of hydrogen-bond acceptors (Lipinski definition) is 3. The van der Waals surface area contributed by atoms with Crippen molar-refractivity contribution in [1.82, 2.24) is 4.72 Å². The van der Waals surface area contributed by atoms with Gasteiger partial charge in [0.15, 0.2) is 0 Å². The Bertz CT molecular complexity index is 223. The van der Waals surface area contributed by atoms with Gasteiger partial charge in [-0.05, 0) is 34.1 Å². The van der Waals surface area contributed by atoms with Crippen LogP contribution in [-0.4, -0.2) is 20.3 Å². The van der Waals surface area contributed by atoms with Crippen LogP contribution in [0, 0.1) is 0 Å². The standard InChI is InChI=1S/C14H31NS2/c1-11(15-17-13(5,6)7)10-14(8,9)16-12(2,3)4/h11,15H,10H2,1-9H3. The van der Waals surface area contributed by atoms with E-state index in [-0.39, 0.29) is 4.75 Å². The first-order chi connectivity index (χ1) is 7.31. The fourth-order valence-corrected chi connectivity index (χ4v) is 4.56. The lowest BCUT2D eigenvalue weighted by Crippen LogP contribution is -2.33. The van der Waals surface area contributed by atoms with Gasteiger partial charge in [-0.1, -0.05) is 46.6 Å². The van der Waals surface area contributed by atoms with E-state index in [1.54, 1.807) is 0 Å². The number of nitrogens with one attached hydrogen (secondary N) is 1. The molecule has 3 heteroatoms. The highest BCUT2D eigenvalue weighted by atomic mass is 32.2. The summed E-state index contributed by atoms with van der Waals surface area (Å²) in [7, 11) is 0. The average Bonchev–Trinajstić information content (AvgIpc) is 1.93. The van der Waals surface area contributed by atoms with Crippen molar-refractivity contribution in [3.05, 3.63) is 0 Å². The van der Waals surface area contributed by atoms with Crippen LogP contribution in [0.1, 0.15) is 68.7 Å². The summed E-state index contributed by atoms with van der Waals surface area (Å²) in [6, 6.07) is 0.545.